The molecule has 0 saturated heterocycles. The lowest BCUT2D eigenvalue weighted by molar-refractivity contribution is 0.414. The van der Waals surface area contributed by atoms with Gasteiger partial charge in [0.2, 0.25) is 0 Å². The third-order valence-electron chi connectivity index (χ3n) is 5.82. The Morgan fingerprint density at radius 1 is 0.812 bits per heavy atom. The zero-order valence-electron chi connectivity index (χ0n) is 20.7. The molecule has 5 heteroatoms. The number of para-hydroxylation sites is 1. The molecule has 32 heavy (non-hydrogen) atoms. The van der Waals surface area contributed by atoms with Gasteiger partial charge in [0.25, 0.3) is 0 Å². The molecule has 0 atom stereocenters. The van der Waals surface area contributed by atoms with Crippen LogP contribution in [0.4, 0.5) is 0 Å². The fourth-order valence-electron chi connectivity index (χ4n) is 3.85. The summed E-state index contributed by atoms with van der Waals surface area (Å²) in [5, 5.41) is 7.98. The average molecular weight is 462 g/mol. The highest BCUT2D eigenvalue weighted by molar-refractivity contribution is 7.80. The first-order valence-corrected chi connectivity index (χ1v) is 13.4. The molecule has 1 aromatic carbocycles. The van der Waals surface area contributed by atoms with E-state index in [0.29, 0.717) is 5.11 Å². The Bertz CT molecular complexity index is 606. The summed E-state index contributed by atoms with van der Waals surface area (Å²) in [6.45, 7) is 3.18. The SMILES string of the molecule is CCCCCCCCCCCCCCCCCCNC(=S)NN=Cc1ccccc1OC. The zero-order valence-corrected chi connectivity index (χ0v) is 21.5. The summed E-state index contributed by atoms with van der Waals surface area (Å²) in [4.78, 5) is 0. The van der Waals surface area contributed by atoms with E-state index in [2.05, 4.69) is 22.8 Å². The van der Waals surface area contributed by atoms with Crippen molar-refractivity contribution >= 4 is 23.5 Å². The van der Waals surface area contributed by atoms with Gasteiger partial charge in [-0.05, 0) is 30.8 Å². The molecule has 182 valence electrons. The van der Waals surface area contributed by atoms with Crippen LogP contribution in [-0.4, -0.2) is 25.0 Å². The van der Waals surface area contributed by atoms with E-state index in [0.717, 1.165) is 24.3 Å². The van der Waals surface area contributed by atoms with Crippen molar-refractivity contribution in [2.45, 2.75) is 110 Å². The summed E-state index contributed by atoms with van der Waals surface area (Å²) in [5.41, 5.74) is 3.79. The number of nitrogens with zero attached hydrogens (tertiary/aromatic N) is 1. The van der Waals surface area contributed by atoms with Gasteiger partial charge in [-0.3, -0.25) is 5.43 Å². The summed E-state index contributed by atoms with van der Waals surface area (Å²) >= 11 is 5.27. The number of hydrogen-bond donors (Lipinski definition) is 2. The molecule has 0 unspecified atom stereocenters. The zero-order chi connectivity index (χ0) is 23.1. The first kappa shape index (κ1) is 28.4. The summed E-state index contributed by atoms with van der Waals surface area (Å²) in [6, 6.07) is 7.76. The Kier molecular flexibility index (Phi) is 18.9. The van der Waals surface area contributed by atoms with Gasteiger partial charge in [0.05, 0.1) is 13.3 Å². The molecule has 1 aromatic rings. The smallest absolute Gasteiger partial charge is 0.186 e. The maximum Gasteiger partial charge on any atom is 0.186 e. The molecular formula is C27H47N3OS. The van der Waals surface area contributed by atoms with Crippen molar-refractivity contribution < 1.29 is 4.74 Å². The molecule has 2 N–H and O–H groups in total. The van der Waals surface area contributed by atoms with E-state index in [9.17, 15) is 0 Å². The van der Waals surface area contributed by atoms with Crippen molar-refractivity contribution in [1.29, 1.82) is 0 Å². The number of benzene rings is 1. The van der Waals surface area contributed by atoms with Gasteiger partial charge < -0.3 is 10.1 Å². The van der Waals surface area contributed by atoms with Crippen LogP contribution >= 0.6 is 12.2 Å². The molecule has 0 aromatic heterocycles. The minimum atomic E-state index is 0.567. The van der Waals surface area contributed by atoms with Crippen LogP contribution in [0.25, 0.3) is 0 Å². The second-order valence-corrected chi connectivity index (χ2v) is 9.08. The Morgan fingerprint density at radius 2 is 1.31 bits per heavy atom. The minimum Gasteiger partial charge on any atom is -0.496 e. The van der Waals surface area contributed by atoms with Crippen LogP contribution in [0, 0.1) is 0 Å². The number of unbranched alkanes of at least 4 members (excludes halogenated alkanes) is 15. The van der Waals surface area contributed by atoms with Crippen molar-refractivity contribution in [1.82, 2.24) is 10.7 Å². The molecule has 0 radical (unpaired) electrons. The third-order valence-corrected chi connectivity index (χ3v) is 6.06. The fourth-order valence-corrected chi connectivity index (χ4v) is 4.00. The van der Waals surface area contributed by atoms with Gasteiger partial charge in [0.15, 0.2) is 5.11 Å². The van der Waals surface area contributed by atoms with Crippen molar-refractivity contribution in [2.75, 3.05) is 13.7 Å². The van der Waals surface area contributed by atoms with Crippen LogP contribution < -0.4 is 15.5 Å². The maximum absolute atomic E-state index is 5.30. The van der Waals surface area contributed by atoms with Gasteiger partial charge in [-0.1, -0.05) is 115 Å². The highest BCUT2D eigenvalue weighted by Crippen LogP contribution is 2.15. The lowest BCUT2D eigenvalue weighted by Crippen LogP contribution is -2.32. The Hall–Kier alpha value is -1.62. The van der Waals surface area contributed by atoms with Gasteiger partial charge in [-0.15, -0.1) is 0 Å². The second kappa shape index (κ2) is 21.2. The molecule has 0 aliphatic heterocycles. The van der Waals surface area contributed by atoms with Crippen LogP contribution in [0.3, 0.4) is 0 Å². The Labute approximate surface area is 203 Å². The van der Waals surface area contributed by atoms with Gasteiger partial charge in [-0.25, -0.2) is 0 Å². The molecule has 1 rings (SSSR count). The molecule has 0 fully saturated rings. The number of hydrogen-bond acceptors (Lipinski definition) is 3. The Balaban J connectivity index is 1.85. The standard InChI is InChI=1S/C27H47N3OS/c1-3-4-5-6-7-8-9-10-11-12-13-14-15-16-17-20-23-28-27(32)30-29-24-25-21-18-19-22-26(25)31-2/h18-19,21-22,24H,3-17,20,23H2,1-2H3,(H2,28,30,32). The van der Waals surface area contributed by atoms with E-state index in [1.807, 2.05) is 24.3 Å². The molecule has 0 aliphatic carbocycles. The van der Waals surface area contributed by atoms with E-state index in [4.69, 9.17) is 17.0 Å². The number of nitrogens with one attached hydrogen (secondary N) is 2. The third kappa shape index (κ3) is 16.1. The summed E-state index contributed by atoms with van der Waals surface area (Å²) in [5.74, 6) is 0.796. The summed E-state index contributed by atoms with van der Waals surface area (Å²) < 4.78 is 5.30. The van der Waals surface area contributed by atoms with Gasteiger partial charge >= 0.3 is 0 Å². The number of thiocarbonyl (C=S) groups is 1. The first-order valence-electron chi connectivity index (χ1n) is 13.0. The van der Waals surface area contributed by atoms with E-state index in [1.54, 1.807) is 13.3 Å². The van der Waals surface area contributed by atoms with Crippen molar-refractivity contribution in [3.63, 3.8) is 0 Å². The molecular weight excluding hydrogens is 414 g/mol. The summed E-state index contributed by atoms with van der Waals surface area (Å²) in [7, 11) is 1.66. The second-order valence-electron chi connectivity index (χ2n) is 8.67. The average Bonchev–Trinajstić information content (AvgIpc) is 2.81. The summed E-state index contributed by atoms with van der Waals surface area (Å²) in [6.07, 6.45) is 23.9. The van der Waals surface area contributed by atoms with Crippen LogP contribution in [0.15, 0.2) is 29.4 Å². The maximum atomic E-state index is 5.30. The molecule has 0 bridgehead atoms. The van der Waals surface area contributed by atoms with Crippen LogP contribution in [0.5, 0.6) is 5.75 Å². The molecule has 4 nitrogen and oxygen atoms in total. The van der Waals surface area contributed by atoms with Gasteiger partial charge in [-0.2, -0.15) is 5.10 Å². The lowest BCUT2D eigenvalue weighted by atomic mass is 10.0. The highest BCUT2D eigenvalue weighted by atomic mass is 32.1. The van der Waals surface area contributed by atoms with Gasteiger partial charge in [0, 0.05) is 12.1 Å². The molecule has 0 aliphatic rings. The van der Waals surface area contributed by atoms with Gasteiger partial charge in [0.1, 0.15) is 5.75 Å². The lowest BCUT2D eigenvalue weighted by Gasteiger charge is -2.07. The molecule has 0 heterocycles. The van der Waals surface area contributed by atoms with Crippen LogP contribution in [0.2, 0.25) is 0 Å². The quantitative estimate of drug-likeness (QED) is 0.0901. The topological polar surface area (TPSA) is 45.7 Å². The number of methoxy groups -OCH3 is 1. The largest absolute Gasteiger partial charge is 0.496 e. The van der Waals surface area contributed by atoms with E-state index < -0.39 is 0 Å². The van der Waals surface area contributed by atoms with E-state index in [1.165, 1.54) is 96.3 Å². The molecule has 0 amide bonds. The Morgan fingerprint density at radius 3 is 1.84 bits per heavy atom. The number of hydrazone groups is 1. The molecule has 0 spiro atoms. The highest BCUT2D eigenvalue weighted by Gasteiger charge is 1.98. The number of rotatable bonds is 20. The van der Waals surface area contributed by atoms with Crippen LogP contribution in [-0.2, 0) is 0 Å². The molecule has 0 saturated carbocycles. The normalized spacial score (nSPS) is 11.1. The minimum absolute atomic E-state index is 0.567. The van der Waals surface area contributed by atoms with E-state index >= 15 is 0 Å². The first-order chi connectivity index (χ1) is 15.8. The van der Waals surface area contributed by atoms with Crippen LogP contribution in [0.1, 0.15) is 115 Å². The predicted molar refractivity (Wildman–Crippen MR) is 144 cm³/mol. The van der Waals surface area contributed by atoms with Crippen molar-refractivity contribution in [2.24, 2.45) is 5.10 Å². The van der Waals surface area contributed by atoms with E-state index in [-0.39, 0.29) is 0 Å². The van der Waals surface area contributed by atoms with Crippen molar-refractivity contribution in [3.8, 4) is 5.75 Å². The fraction of sp³-hybridized carbons (Fsp3) is 0.704. The monoisotopic (exact) mass is 461 g/mol. The van der Waals surface area contributed by atoms with Crippen molar-refractivity contribution in [3.05, 3.63) is 29.8 Å². The number of ether oxygens (including phenoxy) is 1. The predicted octanol–water partition coefficient (Wildman–Crippen LogP) is 7.75.